The van der Waals surface area contributed by atoms with Crippen LogP contribution in [0.3, 0.4) is 0 Å². The molecule has 0 aromatic heterocycles. The van der Waals surface area contributed by atoms with E-state index in [1.165, 1.54) is 0 Å². The highest BCUT2D eigenvalue weighted by Gasteiger charge is 2.53. The monoisotopic (exact) mass is 480 g/mol. The third kappa shape index (κ3) is 5.64. The van der Waals surface area contributed by atoms with E-state index in [1.54, 1.807) is 13.0 Å². The maximum absolute atomic E-state index is 11.7. The number of hydrogen-bond acceptors (Lipinski definition) is 9. The molecule has 2 fully saturated rings. The molecule has 34 heavy (non-hydrogen) atoms. The van der Waals surface area contributed by atoms with Crippen molar-refractivity contribution < 1.29 is 39.1 Å². The first-order valence-corrected chi connectivity index (χ1v) is 12.1. The van der Waals surface area contributed by atoms with Gasteiger partial charge in [0.1, 0.15) is 24.2 Å². The summed E-state index contributed by atoms with van der Waals surface area (Å²) in [5.41, 5.74) is 1.45. The van der Waals surface area contributed by atoms with Gasteiger partial charge < -0.3 is 34.3 Å². The smallest absolute Gasteiger partial charge is 0.377 e. The highest BCUT2D eigenvalue weighted by Crippen LogP contribution is 2.49. The standard InChI is InChI=1S/C24H36N2O8/c1-17-21-20(34-24(17,30)23(28)29)5-4-18(3-2-6-25-7-11-31-12-8-25)22(21)33-16-19(27)15-26-9-13-32-14-10-26/h4-5,17,19,27,30H,2-3,6-16H2,1H3,(H,28,29). The fourth-order valence-electron chi connectivity index (χ4n) is 4.81. The van der Waals surface area contributed by atoms with Gasteiger partial charge in [0.05, 0.1) is 32.3 Å². The molecule has 3 unspecified atom stereocenters. The summed E-state index contributed by atoms with van der Waals surface area (Å²) in [7, 11) is 0. The predicted molar refractivity (Wildman–Crippen MR) is 122 cm³/mol. The Morgan fingerprint density at radius 1 is 1.15 bits per heavy atom. The van der Waals surface area contributed by atoms with Crippen LogP contribution >= 0.6 is 0 Å². The van der Waals surface area contributed by atoms with E-state index in [0.29, 0.717) is 36.8 Å². The zero-order chi connectivity index (χ0) is 24.1. The van der Waals surface area contributed by atoms with Crippen LogP contribution in [-0.2, 0) is 20.7 Å². The van der Waals surface area contributed by atoms with Crippen molar-refractivity contribution >= 4 is 5.97 Å². The number of carboxylic acids is 1. The van der Waals surface area contributed by atoms with Crippen LogP contribution in [0.5, 0.6) is 11.5 Å². The van der Waals surface area contributed by atoms with Crippen LogP contribution in [0, 0.1) is 0 Å². The summed E-state index contributed by atoms with van der Waals surface area (Å²) >= 11 is 0. The van der Waals surface area contributed by atoms with Crippen LogP contribution in [0.15, 0.2) is 12.1 Å². The topological polar surface area (TPSA) is 121 Å². The van der Waals surface area contributed by atoms with Crippen molar-refractivity contribution in [2.45, 2.75) is 37.6 Å². The number of rotatable bonds is 10. The molecule has 0 amide bonds. The van der Waals surface area contributed by atoms with Gasteiger partial charge in [-0.2, -0.15) is 0 Å². The normalized spacial score (nSPS) is 26.6. The predicted octanol–water partition coefficient (Wildman–Crippen LogP) is 0.292. The summed E-state index contributed by atoms with van der Waals surface area (Å²) < 4.78 is 22.4. The van der Waals surface area contributed by atoms with Gasteiger partial charge in [-0.1, -0.05) is 13.0 Å². The van der Waals surface area contributed by atoms with Gasteiger partial charge in [-0.15, -0.1) is 0 Å². The molecule has 3 atom stereocenters. The van der Waals surface area contributed by atoms with Crippen LogP contribution in [0.4, 0.5) is 0 Å². The summed E-state index contributed by atoms with van der Waals surface area (Å²) in [6.07, 6.45) is 0.896. The lowest BCUT2D eigenvalue weighted by molar-refractivity contribution is -0.193. The number of β-amino-alcohol motifs (C(OH)–C–C–N with tert-alkyl or cyclic N) is 1. The van der Waals surface area contributed by atoms with Crippen molar-refractivity contribution in [1.29, 1.82) is 0 Å². The molecule has 1 aromatic carbocycles. The van der Waals surface area contributed by atoms with E-state index in [2.05, 4.69) is 9.80 Å². The fourth-order valence-corrected chi connectivity index (χ4v) is 4.81. The first-order valence-electron chi connectivity index (χ1n) is 12.1. The first kappa shape index (κ1) is 25.2. The van der Waals surface area contributed by atoms with E-state index in [1.807, 2.05) is 6.07 Å². The molecule has 0 radical (unpaired) electrons. The van der Waals surface area contributed by atoms with Crippen molar-refractivity contribution in [1.82, 2.24) is 9.80 Å². The molecule has 0 saturated carbocycles. The number of aliphatic hydroxyl groups is 2. The van der Waals surface area contributed by atoms with E-state index in [0.717, 1.165) is 64.3 Å². The van der Waals surface area contributed by atoms with Gasteiger partial charge in [-0.25, -0.2) is 4.79 Å². The van der Waals surface area contributed by atoms with Crippen LogP contribution < -0.4 is 9.47 Å². The molecule has 1 aromatic rings. The van der Waals surface area contributed by atoms with Gasteiger partial charge in [-0.3, -0.25) is 9.80 Å². The summed E-state index contributed by atoms with van der Waals surface area (Å²) in [6.45, 7) is 9.22. The average Bonchev–Trinajstić information content (AvgIpc) is 3.11. The molecule has 10 heteroatoms. The largest absolute Gasteiger partial charge is 0.490 e. The molecule has 10 nitrogen and oxygen atoms in total. The number of ether oxygens (including phenoxy) is 4. The van der Waals surface area contributed by atoms with E-state index in [-0.39, 0.29) is 6.61 Å². The molecule has 3 N–H and O–H groups in total. The molecule has 3 heterocycles. The minimum Gasteiger partial charge on any atom is -0.490 e. The first-order chi connectivity index (χ1) is 16.4. The van der Waals surface area contributed by atoms with Gasteiger partial charge in [0.2, 0.25) is 0 Å². The number of carbonyl (C=O) groups is 1. The lowest BCUT2D eigenvalue weighted by atomic mass is 9.91. The molecular weight excluding hydrogens is 444 g/mol. The third-order valence-corrected chi connectivity index (χ3v) is 6.85. The number of nitrogens with zero attached hydrogens (tertiary/aromatic N) is 2. The van der Waals surface area contributed by atoms with E-state index >= 15 is 0 Å². The third-order valence-electron chi connectivity index (χ3n) is 6.85. The van der Waals surface area contributed by atoms with Crippen molar-refractivity contribution in [3.63, 3.8) is 0 Å². The molecule has 0 aliphatic carbocycles. The highest BCUT2D eigenvalue weighted by molar-refractivity contribution is 5.80. The number of aliphatic hydroxyl groups excluding tert-OH is 1. The molecule has 190 valence electrons. The van der Waals surface area contributed by atoms with Crippen molar-refractivity contribution in [3.8, 4) is 11.5 Å². The van der Waals surface area contributed by atoms with E-state index < -0.39 is 23.8 Å². The Balaban J connectivity index is 1.48. The molecule has 0 spiro atoms. The second-order valence-electron chi connectivity index (χ2n) is 9.23. The maximum Gasteiger partial charge on any atom is 0.377 e. The second kappa shape index (κ2) is 11.2. The number of carboxylic acid groups (broad SMARTS) is 1. The van der Waals surface area contributed by atoms with Gasteiger partial charge in [-0.05, 0) is 31.0 Å². The zero-order valence-corrected chi connectivity index (χ0v) is 19.8. The SMILES string of the molecule is CC1c2c(ccc(CCCN3CCOCC3)c2OCC(O)CN2CCOCC2)OC1(O)C(=O)O. The molecule has 2 saturated heterocycles. The Kier molecular flexibility index (Phi) is 8.28. The Labute approximate surface area is 200 Å². The minimum absolute atomic E-state index is 0.0580. The average molecular weight is 481 g/mol. The van der Waals surface area contributed by atoms with Crippen LogP contribution in [-0.4, -0.2) is 115 Å². The van der Waals surface area contributed by atoms with Crippen LogP contribution in [0.1, 0.15) is 30.4 Å². The Morgan fingerprint density at radius 3 is 2.44 bits per heavy atom. The highest BCUT2D eigenvalue weighted by atomic mass is 16.7. The maximum atomic E-state index is 11.7. The van der Waals surface area contributed by atoms with E-state index in [4.69, 9.17) is 18.9 Å². The zero-order valence-electron chi connectivity index (χ0n) is 19.8. The summed E-state index contributed by atoms with van der Waals surface area (Å²) in [5.74, 6) is -3.81. The van der Waals surface area contributed by atoms with Crippen molar-refractivity contribution in [2.75, 3.05) is 72.3 Å². The Morgan fingerprint density at radius 2 is 1.79 bits per heavy atom. The van der Waals surface area contributed by atoms with Crippen LogP contribution in [0.2, 0.25) is 0 Å². The number of aliphatic carboxylic acids is 1. The summed E-state index contributed by atoms with van der Waals surface area (Å²) in [6, 6.07) is 3.57. The number of hydrogen-bond donors (Lipinski definition) is 3. The molecular formula is C24H36N2O8. The molecule has 4 rings (SSSR count). The van der Waals surface area contributed by atoms with Gasteiger partial charge in [0, 0.05) is 38.3 Å². The number of benzene rings is 1. The number of fused-ring (bicyclic) bond motifs is 1. The second-order valence-corrected chi connectivity index (χ2v) is 9.23. The Hall–Kier alpha value is -1.95. The van der Waals surface area contributed by atoms with Crippen molar-refractivity contribution in [3.05, 3.63) is 23.3 Å². The van der Waals surface area contributed by atoms with E-state index in [9.17, 15) is 20.1 Å². The molecule has 0 bridgehead atoms. The van der Waals surface area contributed by atoms with Crippen molar-refractivity contribution in [2.24, 2.45) is 0 Å². The quantitative estimate of drug-likeness (QED) is 0.431. The minimum atomic E-state index is -2.35. The van der Waals surface area contributed by atoms with Crippen LogP contribution in [0.25, 0.3) is 0 Å². The lowest BCUT2D eigenvalue weighted by Gasteiger charge is -2.29. The summed E-state index contributed by atoms with van der Waals surface area (Å²) in [5, 5.41) is 30.8. The number of morpholine rings is 2. The summed E-state index contributed by atoms with van der Waals surface area (Å²) in [4.78, 5) is 16.2. The van der Waals surface area contributed by atoms with Gasteiger partial charge in [0.15, 0.2) is 0 Å². The molecule has 3 aliphatic rings. The number of aryl methyl sites for hydroxylation is 1. The van der Waals surface area contributed by atoms with Gasteiger partial charge in [0.25, 0.3) is 0 Å². The molecule has 3 aliphatic heterocycles. The van der Waals surface area contributed by atoms with Gasteiger partial charge >= 0.3 is 11.8 Å². The Bertz CT molecular complexity index is 841. The fraction of sp³-hybridized carbons (Fsp3) is 0.708. The lowest BCUT2D eigenvalue weighted by Crippen LogP contribution is -2.45.